The molecule has 0 radical (unpaired) electrons. The van der Waals surface area contributed by atoms with E-state index in [9.17, 15) is 4.79 Å². The Balaban J connectivity index is 2.10. The SMILES string of the molecule is CCCCn1c(-c2ccc(C)cc2)cc2c1C[C@@H](C)CC2=O. The Hall–Kier alpha value is -1.83. The molecule has 1 aliphatic carbocycles. The molecule has 2 heteroatoms. The maximum absolute atomic E-state index is 12.4. The third-order valence-electron chi connectivity index (χ3n) is 4.67. The average molecular weight is 295 g/mol. The van der Waals surface area contributed by atoms with Gasteiger partial charge in [-0.2, -0.15) is 0 Å². The van der Waals surface area contributed by atoms with E-state index in [0.717, 1.165) is 24.9 Å². The van der Waals surface area contributed by atoms with Crippen molar-refractivity contribution in [2.75, 3.05) is 0 Å². The van der Waals surface area contributed by atoms with E-state index in [2.05, 4.69) is 55.7 Å². The molecule has 22 heavy (non-hydrogen) atoms. The molecule has 0 aliphatic heterocycles. The fourth-order valence-electron chi connectivity index (χ4n) is 3.41. The first-order chi connectivity index (χ1) is 10.6. The van der Waals surface area contributed by atoms with Crippen molar-refractivity contribution >= 4 is 5.78 Å². The van der Waals surface area contributed by atoms with Gasteiger partial charge in [0, 0.05) is 29.9 Å². The second-order valence-electron chi connectivity index (χ2n) is 6.70. The monoisotopic (exact) mass is 295 g/mol. The normalized spacial score (nSPS) is 17.6. The van der Waals surface area contributed by atoms with Crippen LogP contribution in [0.1, 0.15) is 54.7 Å². The summed E-state index contributed by atoms with van der Waals surface area (Å²) in [6.07, 6.45) is 4.04. The highest BCUT2D eigenvalue weighted by Crippen LogP contribution is 2.33. The van der Waals surface area contributed by atoms with Gasteiger partial charge in [-0.05, 0) is 37.3 Å². The summed E-state index contributed by atoms with van der Waals surface area (Å²) in [6, 6.07) is 10.8. The van der Waals surface area contributed by atoms with Crippen LogP contribution in [0.25, 0.3) is 11.3 Å². The van der Waals surface area contributed by atoms with Gasteiger partial charge >= 0.3 is 0 Å². The fourth-order valence-corrected chi connectivity index (χ4v) is 3.41. The number of hydrogen-bond acceptors (Lipinski definition) is 1. The topological polar surface area (TPSA) is 22.0 Å². The maximum Gasteiger partial charge on any atom is 0.164 e. The number of Topliss-reactive ketones (excluding diaryl/α,β-unsaturated/α-hetero) is 1. The first-order valence-corrected chi connectivity index (χ1v) is 8.42. The minimum Gasteiger partial charge on any atom is -0.344 e. The Bertz CT molecular complexity index is 678. The van der Waals surface area contributed by atoms with E-state index < -0.39 is 0 Å². The largest absolute Gasteiger partial charge is 0.344 e. The smallest absolute Gasteiger partial charge is 0.164 e. The molecule has 1 heterocycles. The van der Waals surface area contributed by atoms with Crippen LogP contribution in [0.3, 0.4) is 0 Å². The van der Waals surface area contributed by atoms with Gasteiger partial charge in [0.1, 0.15) is 0 Å². The molecule has 0 saturated heterocycles. The number of nitrogens with zero attached hydrogens (tertiary/aromatic N) is 1. The van der Waals surface area contributed by atoms with E-state index >= 15 is 0 Å². The lowest BCUT2D eigenvalue weighted by molar-refractivity contribution is 0.0952. The molecule has 2 nitrogen and oxygen atoms in total. The standard InChI is InChI=1S/C20H25NO/c1-4-5-10-21-18(16-8-6-14(2)7-9-16)13-17-19(21)11-15(3)12-20(17)22/h6-9,13,15H,4-5,10-12H2,1-3H3/t15-/m1/s1. The van der Waals surface area contributed by atoms with Gasteiger partial charge in [0.25, 0.3) is 0 Å². The quantitative estimate of drug-likeness (QED) is 0.775. The molecule has 1 atom stereocenters. The highest BCUT2D eigenvalue weighted by atomic mass is 16.1. The summed E-state index contributed by atoms with van der Waals surface area (Å²) in [5.41, 5.74) is 5.92. The van der Waals surface area contributed by atoms with Crippen molar-refractivity contribution in [2.24, 2.45) is 5.92 Å². The van der Waals surface area contributed by atoms with E-state index in [0.29, 0.717) is 18.1 Å². The molecular formula is C20H25NO. The van der Waals surface area contributed by atoms with Gasteiger partial charge in [-0.15, -0.1) is 0 Å². The van der Waals surface area contributed by atoms with Crippen molar-refractivity contribution in [2.45, 2.75) is 53.0 Å². The third-order valence-corrected chi connectivity index (χ3v) is 4.67. The van der Waals surface area contributed by atoms with Crippen molar-refractivity contribution in [3.05, 3.63) is 47.2 Å². The van der Waals surface area contributed by atoms with Crippen LogP contribution in [0, 0.1) is 12.8 Å². The number of aryl methyl sites for hydroxylation is 1. The van der Waals surface area contributed by atoms with Crippen molar-refractivity contribution in [1.29, 1.82) is 0 Å². The second-order valence-corrected chi connectivity index (χ2v) is 6.70. The Morgan fingerprint density at radius 1 is 1.18 bits per heavy atom. The average Bonchev–Trinajstić information content (AvgIpc) is 2.85. The van der Waals surface area contributed by atoms with Crippen LogP contribution in [-0.2, 0) is 13.0 Å². The molecule has 0 amide bonds. The molecule has 2 aromatic rings. The van der Waals surface area contributed by atoms with Crippen molar-refractivity contribution in [3.8, 4) is 11.3 Å². The first-order valence-electron chi connectivity index (χ1n) is 8.42. The summed E-state index contributed by atoms with van der Waals surface area (Å²) in [6.45, 7) is 7.52. The van der Waals surface area contributed by atoms with Gasteiger partial charge in [-0.25, -0.2) is 0 Å². The summed E-state index contributed by atoms with van der Waals surface area (Å²) in [7, 11) is 0. The van der Waals surface area contributed by atoms with Gasteiger partial charge in [0.15, 0.2) is 5.78 Å². The zero-order chi connectivity index (χ0) is 15.7. The molecule has 0 fully saturated rings. The molecule has 1 aromatic carbocycles. The lowest BCUT2D eigenvalue weighted by Crippen LogP contribution is -2.19. The summed E-state index contributed by atoms with van der Waals surface area (Å²) >= 11 is 0. The van der Waals surface area contributed by atoms with Crippen LogP contribution in [0.4, 0.5) is 0 Å². The number of aromatic nitrogens is 1. The zero-order valence-electron chi connectivity index (χ0n) is 13.9. The Labute approximate surface area is 133 Å². The zero-order valence-corrected chi connectivity index (χ0v) is 13.9. The van der Waals surface area contributed by atoms with Crippen LogP contribution >= 0.6 is 0 Å². The number of carbonyl (C=O) groups excluding carboxylic acids is 1. The van der Waals surface area contributed by atoms with Crippen LogP contribution in [-0.4, -0.2) is 10.4 Å². The molecule has 1 aliphatic rings. The number of hydrogen-bond donors (Lipinski definition) is 0. The number of unbranched alkanes of at least 4 members (excludes halogenated alkanes) is 1. The van der Waals surface area contributed by atoms with Gasteiger partial charge in [0.05, 0.1) is 0 Å². The number of benzene rings is 1. The van der Waals surface area contributed by atoms with Gasteiger partial charge < -0.3 is 4.57 Å². The summed E-state index contributed by atoms with van der Waals surface area (Å²) in [4.78, 5) is 12.4. The number of ketones is 1. The highest BCUT2D eigenvalue weighted by molar-refractivity contribution is 5.99. The van der Waals surface area contributed by atoms with Crippen molar-refractivity contribution in [1.82, 2.24) is 4.57 Å². The molecule has 0 bridgehead atoms. The summed E-state index contributed by atoms with van der Waals surface area (Å²) in [5.74, 6) is 0.776. The van der Waals surface area contributed by atoms with Gasteiger partial charge in [0.2, 0.25) is 0 Å². The van der Waals surface area contributed by atoms with Crippen LogP contribution in [0.2, 0.25) is 0 Å². The van der Waals surface area contributed by atoms with Crippen LogP contribution in [0.15, 0.2) is 30.3 Å². The second kappa shape index (κ2) is 6.12. The highest BCUT2D eigenvalue weighted by Gasteiger charge is 2.27. The Morgan fingerprint density at radius 3 is 2.59 bits per heavy atom. The summed E-state index contributed by atoms with van der Waals surface area (Å²) in [5, 5.41) is 0. The summed E-state index contributed by atoms with van der Waals surface area (Å²) < 4.78 is 2.40. The number of carbonyl (C=O) groups is 1. The van der Waals surface area contributed by atoms with Gasteiger partial charge in [-0.3, -0.25) is 4.79 Å². The molecule has 1 aromatic heterocycles. The molecule has 116 valence electrons. The predicted octanol–water partition coefficient (Wildman–Crippen LogP) is 5.03. The van der Waals surface area contributed by atoms with E-state index in [-0.39, 0.29) is 0 Å². The fraction of sp³-hybridized carbons (Fsp3) is 0.450. The van der Waals surface area contributed by atoms with E-state index in [1.54, 1.807) is 0 Å². The van der Waals surface area contributed by atoms with E-state index in [1.165, 1.54) is 28.9 Å². The van der Waals surface area contributed by atoms with Crippen molar-refractivity contribution in [3.63, 3.8) is 0 Å². The molecule has 3 rings (SSSR count). The van der Waals surface area contributed by atoms with E-state index in [4.69, 9.17) is 0 Å². The molecule has 0 N–H and O–H groups in total. The maximum atomic E-state index is 12.4. The Kier molecular flexibility index (Phi) is 4.19. The number of fused-ring (bicyclic) bond motifs is 1. The van der Waals surface area contributed by atoms with Crippen LogP contribution < -0.4 is 0 Å². The predicted molar refractivity (Wildman–Crippen MR) is 91.3 cm³/mol. The lowest BCUT2D eigenvalue weighted by atomic mass is 9.88. The first kappa shape index (κ1) is 15.1. The van der Waals surface area contributed by atoms with Crippen LogP contribution in [0.5, 0.6) is 0 Å². The minimum absolute atomic E-state index is 0.317. The molecule has 0 unspecified atom stereocenters. The lowest BCUT2D eigenvalue weighted by Gasteiger charge is -2.21. The molecule has 0 spiro atoms. The third kappa shape index (κ3) is 2.75. The van der Waals surface area contributed by atoms with E-state index in [1.807, 2.05) is 0 Å². The minimum atomic E-state index is 0.317. The van der Waals surface area contributed by atoms with Gasteiger partial charge in [-0.1, -0.05) is 50.1 Å². The van der Waals surface area contributed by atoms with Crippen molar-refractivity contribution < 1.29 is 4.79 Å². The Morgan fingerprint density at radius 2 is 1.91 bits per heavy atom. The molecular weight excluding hydrogens is 270 g/mol. The number of rotatable bonds is 4. The molecule has 0 saturated carbocycles.